The molecule has 0 unspecified atom stereocenters. The first-order valence-corrected chi connectivity index (χ1v) is 7.80. The highest BCUT2D eigenvalue weighted by molar-refractivity contribution is 9.10. The van der Waals surface area contributed by atoms with Crippen molar-refractivity contribution >= 4 is 32.8 Å². The number of likely N-dealkylation sites (N-methyl/N-ethyl adjacent to an activating group) is 1. The third-order valence-electron chi connectivity index (χ3n) is 3.89. The Balaban J connectivity index is 1.97. The highest BCUT2D eigenvalue weighted by Crippen LogP contribution is 2.29. The van der Waals surface area contributed by atoms with Gasteiger partial charge < -0.3 is 9.80 Å². The topological polar surface area (TPSA) is 50.1 Å². The number of anilines is 1. The largest absolute Gasteiger partial charge is 0.355 e. The van der Waals surface area contributed by atoms with Crippen LogP contribution in [0.2, 0.25) is 0 Å². The van der Waals surface area contributed by atoms with E-state index in [2.05, 4.69) is 47.7 Å². The predicted octanol–water partition coefficient (Wildman–Crippen LogP) is 1.66. The van der Waals surface area contributed by atoms with Crippen LogP contribution in [0.25, 0.3) is 11.0 Å². The van der Waals surface area contributed by atoms with E-state index in [0.717, 1.165) is 60.6 Å². The molecule has 1 aliphatic heterocycles. The van der Waals surface area contributed by atoms with Gasteiger partial charge in [-0.3, -0.25) is 0 Å². The second-order valence-corrected chi connectivity index (χ2v) is 5.84. The van der Waals surface area contributed by atoms with Crippen molar-refractivity contribution in [3.05, 3.63) is 10.9 Å². The molecule has 0 radical (unpaired) electrons. The van der Waals surface area contributed by atoms with Gasteiger partial charge in [0.1, 0.15) is 16.7 Å². The Labute approximate surface area is 126 Å². The Bertz CT molecular complexity index is 610. The molecule has 3 rings (SSSR count). The van der Waals surface area contributed by atoms with Crippen molar-refractivity contribution in [2.75, 3.05) is 37.6 Å². The fraction of sp³-hybridized carbons (Fsp3) is 0.615. The average molecular weight is 339 g/mol. The van der Waals surface area contributed by atoms with Gasteiger partial charge in [-0.25, -0.2) is 14.6 Å². The molecule has 0 aromatic carbocycles. The molecule has 0 spiro atoms. The minimum absolute atomic E-state index is 0.821. The van der Waals surface area contributed by atoms with E-state index in [1.807, 2.05) is 7.05 Å². The number of nitrogens with zero attached hydrogens (tertiary/aromatic N) is 6. The lowest BCUT2D eigenvalue weighted by atomic mass is 10.3. The van der Waals surface area contributed by atoms with Crippen molar-refractivity contribution < 1.29 is 0 Å². The maximum absolute atomic E-state index is 4.51. The lowest BCUT2D eigenvalue weighted by Crippen LogP contribution is -2.31. The summed E-state index contributed by atoms with van der Waals surface area (Å²) in [5.74, 6) is 0.993. The second-order valence-electron chi connectivity index (χ2n) is 5.09. The molecule has 6 nitrogen and oxygen atoms in total. The molecule has 0 atom stereocenters. The van der Waals surface area contributed by atoms with Gasteiger partial charge in [0.15, 0.2) is 5.65 Å². The van der Waals surface area contributed by atoms with E-state index in [-0.39, 0.29) is 0 Å². The number of fused-ring (bicyclic) bond motifs is 1. The van der Waals surface area contributed by atoms with Crippen LogP contribution in [0.3, 0.4) is 0 Å². The van der Waals surface area contributed by atoms with Crippen LogP contribution in [0, 0.1) is 0 Å². The predicted molar refractivity (Wildman–Crippen MR) is 82.9 cm³/mol. The highest BCUT2D eigenvalue weighted by atomic mass is 79.9. The summed E-state index contributed by atoms with van der Waals surface area (Å²) in [7, 11) is 1.91. The molecular formula is C13H19BrN6. The standard InChI is InChI=1S/C13H19BrN6/c1-3-19-5-4-6-20(8-7-19)13-10-11(14)17-18(2)12(10)15-9-16-13/h9H,3-8H2,1-2H3. The van der Waals surface area contributed by atoms with E-state index in [0.29, 0.717) is 0 Å². The summed E-state index contributed by atoms with van der Waals surface area (Å²) in [6, 6.07) is 0. The molecule has 0 bridgehead atoms. The molecule has 7 heteroatoms. The molecule has 108 valence electrons. The zero-order valence-electron chi connectivity index (χ0n) is 11.9. The van der Waals surface area contributed by atoms with Crippen LogP contribution >= 0.6 is 15.9 Å². The van der Waals surface area contributed by atoms with Gasteiger partial charge in [-0.15, -0.1) is 0 Å². The number of aromatic nitrogens is 4. The van der Waals surface area contributed by atoms with Crippen molar-refractivity contribution in [3.63, 3.8) is 0 Å². The Morgan fingerprint density at radius 2 is 2.05 bits per heavy atom. The lowest BCUT2D eigenvalue weighted by molar-refractivity contribution is 0.310. The number of aryl methyl sites for hydroxylation is 1. The lowest BCUT2D eigenvalue weighted by Gasteiger charge is -2.22. The normalized spacial score (nSPS) is 17.6. The molecule has 20 heavy (non-hydrogen) atoms. The monoisotopic (exact) mass is 338 g/mol. The minimum Gasteiger partial charge on any atom is -0.355 e. The Hall–Kier alpha value is -1.21. The van der Waals surface area contributed by atoms with Crippen LogP contribution in [-0.4, -0.2) is 57.4 Å². The minimum atomic E-state index is 0.821. The summed E-state index contributed by atoms with van der Waals surface area (Å²) < 4.78 is 2.61. The summed E-state index contributed by atoms with van der Waals surface area (Å²) in [6.45, 7) is 7.61. The molecule has 0 amide bonds. The second kappa shape index (κ2) is 5.65. The van der Waals surface area contributed by atoms with Crippen LogP contribution < -0.4 is 4.90 Å². The molecule has 1 saturated heterocycles. The van der Waals surface area contributed by atoms with E-state index in [1.165, 1.54) is 0 Å². The molecule has 1 fully saturated rings. The SMILES string of the molecule is CCN1CCCN(c2ncnc3c2c(Br)nn3C)CC1. The molecular weight excluding hydrogens is 320 g/mol. The van der Waals surface area contributed by atoms with Gasteiger partial charge in [-0.1, -0.05) is 6.92 Å². The maximum atomic E-state index is 4.51. The van der Waals surface area contributed by atoms with Gasteiger partial charge >= 0.3 is 0 Å². The van der Waals surface area contributed by atoms with Crippen molar-refractivity contribution in [1.82, 2.24) is 24.6 Å². The van der Waals surface area contributed by atoms with E-state index < -0.39 is 0 Å². The van der Waals surface area contributed by atoms with Gasteiger partial charge in [-0.2, -0.15) is 5.10 Å². The third kappa shape index (κ3) is 2.40. The van der Waals surface area contributed by atoms with Gasteiger partial charge in [0, 0.05) is 26.7 Å². The van der Waals surface area contributed by atoms with Crippen molar-refractivity contribution in [2.24, 2.45) is 7.05 Å². The summed E-state index contributed by atoms with van der Waals surface area (Å²) in [5.41, 5.74) is 0.874. The quantitative estimate of drug-likeness (QED) is 0.833. The van der Waals surface area contributed by atoms with Gasteiger partial charge in [-0.05, 0) is 35.4 Å². The number of hydrogen-bond donors (Lipinski definition) is 0. The molecule has 2 aromatic heterocycles. The number of halogens is 1. The van der Waals surface area contributed by atoms with Crippen LogP contribution in [0.15, 0.2) is 10.9 Å². The van der Waals surface area contributed by atoms with Crippen molar-refractivity contribution in [1.29, 1.82) is 0 Å². The van der Waals surface area contributed by atoms with E-state index >= 15 is 0 Å². The maximum Gasteiger partial charge on any atom is 0.164 e. The third-order valence-corrected chi connectivity index (χ3v) is 4.45. The average Bonchev–Trinajstić information content (AvgIpc) is 2.66. The van der Waals surface area contributed by atoms with Crippen molar-refractivity contribution in [3.8, 4) is 0 Å². The van der Waals surface area contributed by atoms with Crippen LogP contribution in [0.4, 0.5) is 5.82 Å². The van der Waals surface area contributed by atoms with Crippen molar-refractivity contribution in [2.45, 2.75) is 13.3 Å². The fourth-order valence-electron chi connectivity index (χ4n) is 2.76. The molecule has 0 saturated carbocycles. The Kier molecular flexibility index (Phi) is 3.89. The molecule has 0 N–H and O–H groups in total. The number of hydrogen-bond acceptors (Lipinski definition) is 5. The number of rotatable bonds is 2. The van der Waals surface area contributed by atoms with E-state index in [1.54, 1.807) is 11.0 Å². The van der Waals surface area contributed by atoms with E-state index in [4.69, 9.17) is 0 Å². The zero-order chi connectivity index (χ0) is 14.1. The first-order chi connectivity index (χ1) is 9.70. The Morgan fingerprint density at radius 3 is 2.85 bits per heavy atom. The molecule has 0 aliphatic carbocycles. The van der Waals surface area contributed by atoms with Gasteiger partial charge in [0.05, 0.1) is 5.39 Å². The van der Waals surface area contributed by atoms with Crippen LogP contribution in [-0.2, 0) is 7.05 Å². The summed E-state index contributed by atoms with van der Waals surface area (Å²) in [6.07, 6.45) is 2.80. The molecule has 2 aromatic rings. The highest BCUT2D eigenvalue weighted by Gasteiger charge is 2.20. The van der Waals surface area contributed by atoms with E-state index in [9.17, 15) is 0 Å². The molecule has 3 heterocycles. The summed E-state index contributed by atoms with van der Waals surface area (Å²) in [5, 5.41) is 5.41. The molecule has 1 aliphatic rings. The van der Waals surface area contributed by atoms with Crippen LogP contribution in [0.5, 0.6) is 0 Å². The fourth-order valence-corrected chi connectivity index (χ4v) is 3.36. The first-order valence-electron chi connectivity index (χ1n) is 7.01. The van der Waals surface area contributed by atoms with Gasteiger partial charge in [0.25, 0.3) is 0 Å². The Morgan fingerprint density at radius 1 is 1.20 bits per heavy atom. The summed E-state index contributed by atoms with van der Waals surface area (Å²) >= 11 is 3.53. The van der Waals surface area contributed by atoms with Gasteiger partial charge in [0.2, 0.25) is 0 Å². The smallest absolute Gasteiger partial charge is 0.164 e. The first kappa shape index (κ1) is 13.8. The summed E-state index contributed by atoms with van der Waals surface area (Å²) in [4.78, 5) is 13.7. The zero-order valence-corrected chi connectivity index (χ0v) is 13.5. The van der Waals surface area contributed by atoms with Crippen LogP contribution in [0.1, 0.15) is 13.3 Å².